The van der Waals surface area contributed by atoms with E-state index in [-0.39, 0.29) is 19.8 Å². The summed E-state index contributed by atoms with van der Waals surface area (Å²) >= 11 is 0. The molecule has 174 valence electrons. The summed E-state index contributed by atoms with van der Waals surface area (Å²) in [6.07, 6.45) is 2.07. The smallest absolute Gasteiger partial charge is 0.339 e. The standard InChI is InChI=1S/C25H28FN3O4/c1-4-20-21(25(31)33-5-2)15-29(16-28-18-10-12-19(32-3)13-11-18)23(20)24(30)27-14-17-8-6-7-9-22(17)26/h6-13,15,28H,4-5,14,16H2,1-3H3,(H,27,30). The van der Waals surface area contributed by atoms with E-state index in [1.807, 2.05) is 31.2 Å². The van der Waals surface area contributed by atoms with Gasteiger partial charge >= 0.3 is 5.97 Å². The minimum Gasteiger partial charge on any atom is -0.497 e. The number of benzene rings is 2. The average Bonchev–Trinajstić information content (AvgIpc) is 3.21. The zero-order valence-corrected chi connectivity index (χ0v) is 19.0. The first kappa shape index (κ1) is 23.8. The van der Waals surface area contributed by atoms with Gasteiger partial charge in [0.2, 0.25) is 0 Å². The maximum atomic E-state index is 14.0. The van der Waals surface area contributed by atoms with Crippen molar-refractivity contribution in [3.05, 3.63) is 82.9 Å². The van der Waals surface area contributed by atoms with E-state index >= 15 is 0 Å². The molecule has 0 atom stereocenters. The number of nitrogens with one attached hydrogen (secondary N) is 2. The Bertz CT molecular complexity index is 1110. The molecule has 3 aromatic rings. The molecular formula is C25H28FN3O4. The number of halogens is 1. The summed E-state index contributed by atoms with van der Waals surface area (Å²) in [5, 5.41) is 6.01. The average molecular weight is 454 g/mol. The van der Waals surface area contributed by atoms with E-state index in [2.05, 4.69) is 10.6 Å². The van der Waals surface area contributed by atoms with E-state index in [4.69, 9.17) is 9.47 Å². The zero-order chi connectivity index (χ0) is 23.8. The number of hydrogen-bond acceptors (Lipinski definition) is 5. The Morgan fingerprint density at radius 3 is 2.42 bits per heavy atom. The van der Waals surface area contributed by atoms with Gasteiger partial charge in [0.05, 0.1) is 25.9 Å². The predicted molar refractivity (Wildman–Crippen MR) is 124 cm³/mol. The molecule has 8 heteroatoms. The topological polar surface area (TPSA) is 81.6 Å². The van der Waals surface area contributed by atoms with Gasteiger partial charge in [0.15, 0.2) is 0 Å². The molecule has 0 fully saturated rings. The number of hydrogen-bond donors (Lipinski definition) is 2. The van der Waals surface area contributed by atoms with Gasteiger partial charge < -0.3 is 24.7 Å². The van der Waals surface area contributed by atoms with E-state index in [1.54, 1.807) is 43.0 Å². The van der Waals surface area contributed by atoms with Gasteiger partial charge in [-0.1, -0.05) is 25.1 Å². The fourth-order valence-corrected chi connectivity index (χ4v) is 3.52. The molecule has 2 N–H and O–H groups in total. The van der Waals surface area contributed by atoms with Crippen LogP contribution in [0.25, 0.3) is 0 Å². The molecule has 0 saturated heterocycles. The highest BCUT2D eigenvalue weighted by molar-refractivity contribution is 6.00. The lowest BCUT2D eigenvalue weighted by atomic mass is 10.1. The van der Waals surface area contributed by atoms with Crippen LogP contribution < -0.4 is 15.4 Å². The Kier molecular flexibility index (Phi) is 8.07. The number of carbonyl (C=O) groups is 2. The Morgan fingerprint density at radius 2 is 1.79 bits per heavy atom. The lowest BCUT2D eigenvalue weighted by molar-refractivity contribution is 0.0525. The van der Waals surface area contributed by atoms with Crippen molar-refractivity contribution in [3.8, 4) is 5.75 Å². The van der Waals surface area contributed by atoms with Crippen molar-refractivity contribution in [1.82, 2.24) is 9.88 Å². The minimum atomic E-state index is -0.485. The van der Waals surface area contributed by atoms with Crippen LogP contribution in [-0.4, -0.2) is 30.2 Å². The molecule has 2 aromatic carbocycles. The van der Waals surface area contributed by atoms with Gasteiger partial charge in [-0.2, -0.15) is 0 Å². The van der Waals surface area contributed by atoms with E-state index < -0.39 is 17.7 Å². The minimum absolute atomic E-state index is 0.0283. The summed E-state index contributed by atoms with van der Waals surface area (Å²) in [6.45, 7) is 4.09. The molecule has 1 amide bonds. The summed E-state index contributed by atoms with van der Waals surface area (Å²) < 4.78 is 26.0. The summed E-state index contributed by atoms with van der Waals surface area (Å²) in [4.78, 5) is 25.7. The molecule has 33 heavy (non-hydrogen) atoms. The fraction of sp³-hybridized carbons (Fsp3) is 0.280. The molecule has 0 spiro atoms. The molecule has 0 saturated carbocycles. The zero-order valence-electron chi connectivity index (χ0n) is 19.0. The van der Waals surface area contributed by atoms with Crippen LogP contribution in [0.5, 0.6) is 5.75 Å². The first-order chi connectivity index (χ1) is 16.0. The van der Waals surface area contributed by atoms with Crippen LogP contribution in [0, 0.1) is 5.82 Å². The maximum Gasteiger partial charge on any atom is 0.339 e. The maximum absolute atomic E-state index is 14.0. The lowest BCUT2D eigenvalue weighted by Gasteiger charge is -2.14. The second-order valence-electron chi connectivity index (χ2n) is 7.25. The van der Waals surface area contributed by atoms with Crippen molar-refractivity contribution in [2.24, 2.45) is 0 Å². The predicted octanol–water partition coefficient (Wildman–Crippen LogP) is 4.37. The van der Waals surface area contributed by atoms with Gasteiger partial charge in [-0.05, 0) is 49.2 Å². The van der Waals surface area contributed by atoms with Gasteiger partial charge in [0.1, 0.15) is 17.3 Å². The van der Waals surface area contributed by atoms with E-state index in [9.17, 15) is 14.0 Å². The van der Waals surface area contributed by atoms with Crippen molar-refractivity contribution in [1.29, 1.82) is 0 Å². The van der Waals surface area contributed by atoms with Crippen molar-refractivity contribution in [2.75, 3.05) is 19.0 Å². The normalized spacial score (nSPS) is 10.5. The second kappa shape index (κ2) is 11.2. The number of esters is 1. The molecule has 0 aliphatic heterocycles. The van der Waals surface area contributed by atoms with Crippen LogP contribution >= 0.6 is 0 Å². The summed E-state index contributed by atoms with van der Waals surface area (Å²) in [5.41, 5.74) is 2.45. The Labute approximate surface area is 192 Å². The molecule has 1 heterocycles. The first-order valence-corrected chi connectivity index (χ1v) is 10.8. The molecule has 1 aromatic heterocycles. The van der Waals surface area contributed by atoms with Crippen LogP contribution in [-0.2, 0) is 24.4 Å². The number of nitrogens with zero attached hydrogens (tertiary/aromatic N) is 1. The molecule has 7 nitrogen and oxygen atoms in total. The van der Waals surface area contributed by atoms with Crippen LogP contribution in [0.1, 0.15) is 45.8 Å². The highest BCUT2D eigenvalue weighted by atomic mass is 19.1. The fourth-order valence-electron chi connectivity index (χ4n) is 3.52. The van der Waals surface area contributed by atoms with E-state index in [0.29, 0.717) is 28.8 Å². The molecule has 3 rings (SSSR count). The van der Waals surface area contributed by atoms with Crippen LogP contribution in [0.4, 0.5) is 10.1 Å². The largest absolute Gasteiger partial charge is 0.497 e. The van der Waals surface area contributed by atoms with Gasteiger partial charge in [-0.25, -0.2) is 9.18 Å². The van der Waals surface area contributed by atoms with Gasteiger partial charge in [-0.15, -0.1) is 0 Å². The van der Waals surface area contributed by atoms with Crippen molar-refractivity contribution in [3.63, 3.8) is 0 Å². The van der Waals surface area contributed by atoms with Crippen molar-refractivity contribution < 1.29 is 23.5 Å². The molecule has 0 aliphatic carbocycles. The highest BCUT2D eigenvalue weighted by Crippen LogP contribution is 2.22. The summed E-state index contributed by atoms with van der Waals surface area (Å²) in [5.74, 6) is -0.548. The number of aromatic nitrogens is 1. The molecule has 0 bridgehead atoms. The van der Waals surface area contributed by atoms with Crippen LogP contribution in [0.3, 0.4) is 0 Å². The number of rotatable bonds is 10. The number of methoxy groups -OCH3 is 1. The van der Waals surface area contributed by atoms with E-state index in [0.717, 1.165) is 11.4 Å². The summed E-state index contributed by atoms with van der Waals surface area (Å²) in [7, 11) is 1.59. The third kappa shape index (κ3) is 5.71. The Balaban J connectivity index is 1.88. The third-order valence-corrected chi connectivity index (χ3v) is 5.19. The Hall–Kier alpha value is -3.81. The number of ether oxygens (including phenoxy) is 2. The molecule has 0 radical (unpaired) electrons. The van der Waals surface area contributed by atoms with Crippen LogP contribution in [0.15, 0.2) is 54.7 Å². The highest BCUT2D eigenvalue weighted by Gasteiger charge is 2.25. The van der Waals surface area contributed by atoms with Gasteiger partial charge in [0.25, 0.3) is 5.91 Å². The SMILES string of the molecule is CCOC(=O)c1cn(CNc2ccc(OC)cc2)c(C(=O)NCc2ccccc2F)c1CC. The number of anilines is 1. The molecular weight excluding hydrogens is 425 g/mol. The Morgan fingerprint density at radius 1 is 1.06 bits per heavy atom. The lowest BCUT2D eigenvalue weighted by Crippen LogP contribution is -2.28. The van der Waals surface area contributed by atoms with Crippen molar-refractivity contribution in [2.45, 2.75) is 33.5 Å². The van der Waals surface area contributed by atoms with Gasteiger partial charge in [-0.3, -0.25) is 4.79 Å². The third-order valence-electron chi connectivity index (χ3n) is 5.19. The first-order valence-electron chi connectivity index (χ1n) is 10.8. The van der Waals surface area contributed by atoms with E-state index in [1.165, 1.54) is 6.07 Å². The number of carbonyl (C=O) groups excluding carboxylic acids is 2. The number of amides is 1. The monoisotopic (exact) mass is 453 g/mol. The molecule has 0 aliphatic rings. The van der Waals surface area contributed by atoms with Crippen molar-refractivity contribution >= 4 is 17.6 Å². The van der Waals surface area contributed by atoms with Crippen LogP contribution in [0.2, 0.25) is 0 Å². The molecule has 0 unspecified atom stereocenters. The second-order valence-corrected chi connectivity index (χ2v) is 7.25. The van der Waals surface area contributed by atoms with Gasteiger partial charge in [0, 0.05) is 24.0 Å². The summed E-state index contributed by atoms with van der Waals surface area (Å²) in [6, 6.07) is 13.6. The quantitative estimate of drug-likeness (QED) is 0.446.